The summed E-state index contributed by atoms with van der Waals surface area (Å²) in [5.41, 5.74) is 40.5. The average Bonchev–Trinajstić information content (AvgIpc) is 1.49. The minimum atomic E-state index is -0.145. The maximum absolute atomic E-state index is 2.99. The van der Waals surface area contributed by atoms with Gasteiger partial charge in [-0.25, -0.2) is 0 Å². The Morgan fingerprint density at radius 1 is 0.430 bits per heavy atom. The molecular formula is C106H104B2N6. The van der Waals surface area contributed by atoms with Gasteiger partial charge < -0.3 is 29.4 Å². The predicted molar refractivity (Wildman–Crippen MR) is 486 cm³/mol. The van der Waals surface area contributed by atoms with Gasteiger partial charge in [-0.2, -0.15) is 0 Å². The van der Waals surface area contributed by atoms with Gasteiger partial charge in [0.2, 0.25) is 6.71 Å². The number of hydrogen-bond donors (Lipinski definition) is 0. The van der Waals surface area contributed by atoms with Crippen molar-refractivity contribution in [3.8, 4) is 11.1 Å². The number of rotatable bonds is 13. The van der Waals surface area contributed by atoms with Crippen molar-refractivity contribution in [1.29, 1.82) is 0 Å². The molecule has 0 saturated heterocycles. The van der Waals surface area contributed by atoms with Crippen molar-refractivity contribution in [2.75, 3.05) is 29.4 Å². The first-order valence-electron chi connectivity index (χ1n) is 42.6. The quantitative estimate of drug-likeness (QED) is 0.106. The molecule has 0 amide bonds. The van der Waals surface area contributed by atoms with Crippen molar-refractivity contribution in [3.05, 3.63) is 323 Å². The molecule has 0 bridgehead atoms. The molecule has 0 spiro atoms. The van der Waals surface area contributed by atoms with Gasteiger partial charge in [-0.05, 0) is 283 Å². The van der Waals surface area contributed by atoms with Crippen molar-refractivity contribution < 1.29 is 0 Å². The predicted octanol–water partition coefficient (Wildman–Crippen LogP) is 25.1. The van der Waals surface area contributed by atoms with Crippen LogP contribution in [0.15, 0.2) is 284 Å². The molecule has 0 radical (unpaired) electrons. The molecule has 6 heterocycles. The van der Waals surface area contributed by atoms with Gasteiger partial charge >= 0.3 is 0 Å². The third kappa shape index (κ3) is 10.1. The SMILES string of the molecule is Cc1ccccc1N(c1ccc2c(c1)N(c1ccccc1)c1cccc3c1B2C1CC=CC2=C1N3C1(C)CCCCC21CCC(C)(C)c1ccc(N(c2ccc3c(c2)N(c2ccccc2)c2cccc4c2B3c2cccc3c2N4C2(C)CCCCC32C)c2c(C)cc(C(C)(C)C)cc2C)cc1)c1cc(-c2ccccc2)ccc1C. The molecule has 0 aromatic heterocycles. The minimum Gasteiger partial charge on any atom is -0.339 e. The second kappa shape index (κ2) is 25.8. The third-order valence-electron chi connectivity index (χ3n) is 29.9. The first-order chi connectivity index (χ1) is 55.2. The van der Waals surface area contributed by atoms with Gasteiger partial charge in [0, 0.05) is 96.2 Å². The zero-order valence-electron chi connectivity index (χ0n) is 68.7. The second-order valence-corrected chi connectivity index (χ2v) is 37.5. The minimum absolute atomic E-state index is 0.00973. The molecule has 6 nitrogen and oxygen atoms in total. The summed E-state index contributed by atoms with van der Waals surface area (Å²) in [6, 6.07) is 101. The van der Waals surface area contributed by atoms with Gasteiger partial charge in [-0.15, -0.1) is 0 Å². The Kier molecular flexibility index (Phi) is 16.0. The fourth-order valence-corrected chi connectivity index (χ4v) is 24.0. The molecule has 2 fully saturated rings. The summed E-state index contributed by atoms with van der Waals surface area (Å²) in [4.78, 5) is 16.2. The molecule has 21 rings (SSSR count). The van der Waals surface area contributed by atoms with E-state index in [0.717, 1.165) is 37.1 Å². The summed E-state index contributed by atoms with van der Waals surface area (Å²) in [6.45, 7) is 29.5. The molecule has 6 aliphatic heterocycles. The molecule has 564 valence electrons. The zero-order chi connectivity index (χ0) is 77.7. The number of nitrogens with zero attached hydrogens (tertiary/aromatic N) is 6. The van der Waals surface area contributed by atoms with E-state index in [1.165, 1.54) is 196 Å². The van der Waals surface area contributed by atoms with Crippen LogP contribution in [0.1, 0.15) is 165 Å². The summed E-state index contributed by atoms with van der Waals surface area (Å²) in [5.74, 6) is 0.271. The van der Waals surface area contributed by atoms with Gasteiger partial charge in [0.1, 0.15) is 0 Å². The summed E-state index contributed by atoms with van der Waals surface area (Å²) >= 11 is 0. The lowest BCUT2D eigenvalue weighted by Gasteiger charge is -2.56. The molecule has 3 aliphatic carbocycles. The summed E-state index contributed by atoms with van der Waals surface area (Å²) in [5, 5.41) is 0. The number of aryl methyl sites for hydroxylation is 4. The lowest BCUT2D eigenvalue weighted by Crippen LogP contribution is -2.64. The number of allylic oxidation sites excluding steroid dienone is 3. The van der Waals surface area contributed by atoms with Crippen LogP contribution >= 0.6 is 0 Å². The second-order valence-electron chi connectivity index (χ2n) is 37.5. The van der Waals surface area contributed by atoms with E-state index in [-0.39, 0.29) is 52.0 Å². The molecule has 2 saturated carbocycles. The molecule has 0 N–H and O–H groups in total. The Morgan fingerprint density at radius 3 is 1.68 bits per heavy atom. The molecule has 5 unspecified atom stereocenters. The van der Waals surface area contributed by atoms with E-state index in [1.54, 1.807) is 11.3 Å². The molecule has 12 aromatic rings. The first kappa shape index (κ1) is 70.9. The zero-order valence-corrected chi connectivity index (χ0v) is 68.7. The van der Waals surface area contributed by atoms with Crippen LogP contribution in [-0.4, -0.2) is 24.5 Å². The fourth-order valence-electron chi connectivity index (χ4n) is 24.0. The maximum Gasteiger partial charge on any atom is 0.252 e. The van der Waals surface area contributed by atoms with Crippen LogP contribution in [0.25, 0.3) is 11.1 Å². The molecule has 114 heavy (non-hydrogen) atoms. The topological polar surface area (TPSA) is 19.4 Å². The molecule has 9 aliphatic rings. The van der Waals surface area contributed by atoms with Gasteiger partial charge in [-0.3, -0.25) is 0 Å². The van der Waals surface area contributed by atoms with Crippen LogP contribution in [-0.2, 0) is 16.2 Å². The standard InChI is InChI=1S/C106H104B2N6/c1-69-32-22-23-43-88(69)112(93-66-74(49-48-70(93)2)73-33-16-13-17-34-73)81-55-57-85-95(68-81)111(78-37-20-15-21-38-78)90-45-31-47-92-97(90)108(85)87-42-29-40-83-100(87)114(92)105(12)60-26-27-61-106(83,105)63-62-102(8,9)75-50-52-79(53-51-75)109(98-71(3)64-76(65-72(98)4)101(5,6)7)80-54-56-84-94(67-80)110(77-35-18-14-19-36-77)89-44-30-46-91-96(89)107(84)86-41-28-39-82-99(86)113(91)104(11)59-25-24-58-103(82,104)10/h13-23,28-41,43-57,64-68,87H,24-27,42,58-63H2,1-12H3. The van der Waals surface area contributed by atoms with E-state index in [9.17, 15) is 0 Å². The van der Waals surface area contributed by atoms with Crippen LogP contribution in [0.2, 0.25) is 5.82 Å². The Balaban J connectivity index is 0.658. The van der Waals surface area contributed by atoms with E-state index >= 15 is 0 Å². The van der Waals surface area contributed by atoms with Gasteiger partial charge in [0.05, 0.1) is 16.8 Å². The highest BCUT2D eigenvalue weighted by Crippen LogP contribution is 2.69. The Hall–Kier alpha value is -11.0. The highest BCUT2D eigenvalue weighted by molar-refractivity contribution is 7.00. The molecular weight excluding hydrogens is 1380 g/mol. The third-order valence-corrected chi connectivity index (χ3v) is 29.9. The van der Waals surface area contributed by atoms with Crippen LogP contribution in [0.4, 0.5) is 85.3 Å². The lowest BCUT2D eigenvalue weighted by atomic mass is 9.29. The first-order valence-corrected chi connectivity index (χ1v) is 42.6. The number of hydrogen-bond acceptors (Lipinski definition) is 6. The average molecular weight is 1480 g/mol. The summed E-state index contributed by atoms with van der Waals surface area (Å²) in [7, 11) is 0. The number of fused-ring (bicyclic) bond motifs is 14. The highest BCUT2D eigenvalue weighted by atomic mass is 15.3. The molecule has 5 atom stereocenters. The van der Waals surface area contributed by atoms with Gasteiger partial charge in [0.25, 0.3) is 6.71 Å². The van der Waals surface area contributed by atoms with Crippen molar-refractivity contribution in [2.45, 2.75) is 187 Å². The van der Waals surface area contributed by atoms with Crippen molar-refractivity contribution in [3.63, 3.8) is 0 Å². The Morgan fingerprint density at radius 2 is 1.00 bits per heavy atom. The fraction of sp³-hybridized carbons (Fsp3) is 0.283. The maximum atomic E-state index is 2.99. The van der Waals surface area contributed by atoms with E-state index in [2.05, 4.69) is 385 Å². The monoisotopic (exact) mass is 1480 g/mol. The Bertz CT molecular complexity index is 5970. The van der Waals surface area contributed by atoms with Gasteiger partial charge in [0.15, 0.2) is 0 Å². The lowest BCUT2D eigenvalue weighted by molar-refractivity contribution is 0.111. The highest BCUT2D eigenvalue weighted by Gasteiger charge is 2.66. The van der Waals surface area contributed by atoms with E-state index in [4.69, 9.17) is 0 Å². The molecule has 12 aromatic carbocycles. The van der Waals surface area contributed by atoms with Crippen LogP contribution in [0, 0.1) is 33.1 Å². The van der Waals surface area contributed by atoms with Gasteiger partial charge in [-0.1, -0.05) is 243 Å². The number of anilines is 15. The van der Waals surface area contributed by atoms with Crippen molar-refractivity contribution >= 4 is 126 Å². The normalized spacial score (nSPS) is 21.7. The smallest absolute Gasteiger partial charge is 0.252 e. The van der Waals surface area contributed by atoms with Crippen molar-refractivity contribution in [2.24, 2.45) is 5.41 Å². The summed E-state index contributed by atoms with van der Waals surface area (Å²) < 4.78 is 0. The van der Waals surface area contributed by atoms with Crippen LogP contribution in [0.5, 0.6) is 0 Å². The number of benzene rings is 12. The number of para-hydroxylation sites is 4. The Labute approximate surface area is 677 Å². The van der Waals surface area contributed by atoms with Crippen LogP contribution < -0.4 is 56.7 Å². The molecule has 8 heteroatoms. The van der Waals surface area contributed by atoms with Crippen LogP contribution in [0.3, 0.4) is 0 Å². The van der Waals surface area contributed by atoms with E-state index < -0.39 is 0 Å². The van der Waals surface area contributed by atoms with E-state index in [1.807, 2.05) is 0 Å². The van der Waals surface area contributed by atoms with Crippen molar-refractivity contribution in [1.82, 2.24) is 0 Å². The largest absolute Gasteiger partial charge is 0.339 e. The van der Waals surface area contributed by atoms with E-state index in [0.29, 0.717) is 0 Å². The summed E-state index contributed by atoms with van der Waals surface area (Å²) in [6.07, 6.45) is 18.1.